The number of carbonyl (C=O) groups excluding carboxylic acids is 1. The van der Waals surface area contributed by atoms with Gasteiger partial charge in [0.2, 0.25) is 0 Å². The summed E-state index contributed by atoms with van der Waals surface area (Å²) in [7, 11) is 0. The molecule has 0 saturated carbocycles. The van der Waals surface area contributed by atoms with Crippen LogP contribution in [0.4, 0.5) is 5.82 Å². The van der Waals surface area contributed by atoms with E-state index in [0.29, 0.717) is 11.5 Å². The van der Waals surface area contributed by atoms with Crippen molar-refractivity contribution in [1.29, 1.82) is 0 Å². The molecule has 0 radical (unpaired) electrons. The van der Waals surface area contributed by atoms with E-state index < -0.39 is 0 Å². The molecule has 1 aromatic carbocycles. The molecule has 0 aliphatic carbocycles. The average Bonchev–Trinajstić information content (AvgIpc) is 3.14. The highest BCUT2D eigenvalue weighted by Gasteiger charge is 2.17. The number of amides is 1. The number of aryl methyl sites for hydroxylation is 1. The van der Waals surface area contributed by atoms with Crippen molar-refractivity contribution in [2.75, 3.05) is 18.4 Å². The number of H-pyrrole nitrogens is 1. The smallest absolute Gasteiger partial charge is 0.277 e. The minimum atomic E-state index is -0.291. The molecular weight excluding hydrogens is 376 g/mol. The fraction of sp³-hybridized carbons (Fsp3) is 0.217. The maximum absolute atomic E-state index is 12.8. The first-order chi connectivity index (χ1) is 14.7. The van der Waals surface area contributed by atoms with Crippen molar-refractivity contribution in [3.05, 3.63) is 71.8 Å². The van der Waals surface area contributed by atoms with Crippen LogP contribution in [-0.4, -0.2) is 44.1 Å². The van der Waals surface area contributed by atoms with Crippen LogP contribution < -0.4 is 5.32 Å². The molecule has 0 bridgehead atoms. The van der Waals surface area contributed by atoms with Gasteiger partial charge in [0.15, 0.2) is 5.69 Å². The number of anilines is 1. The topological polar surface area (TPSA) is 86.8 Å². The number of hydrogen-bond donors (Lipinski definition) is 2. The van der Waals surface area contributed by atoms with E-state index in [0.717, 1.165) is 47.2 Å². The van der Waals surface area contributed by atoms with Gasteiger partial charge < -0.3 is 5.32 Å². The molecule has 3 aromatic heterocycles. The van der Waals surface area contributed by atoms with Crippen molar-refractivity contribution in [3.8, 4) is 11.1 Å². The predicted molar refractivity (Wildman–Crippen MR) is 116 cm³/mol. The molecule has 4 heterocycles. The quantitative estimate of drug-likeness (QED) is 0.534. The van der Waals surface area contributed by atoms with Crippen LogP contribution in [0.5, 0.6) is 0 Å². The van der Waals surface area contributed by atoms with Gasteiger partial charge in [-0.15, -0.1) is 0 Å². The molecule has 7 heteroatoms. The number of aromatic nitrogens is 4. The van der Waals surface area contributed by atoms with E-state index in [4.69, 9.17) is 0 Å². The zero-order chi connectivity index (χ0) is 20.5. The Bertz CT molecular complexity index is 1230. The average molecular weight is 398 g/mol. The number of pyridine rings is 2. The van der Waals surface area contributed by atoms with Gasteiger partial charge in [0.05, 0.1) is 5.52 Å². The lowest BCUT2D eigenvalue weighted by Crippen LogP contribution is -2.36. The molecular formula is C23H22N6O. The van der Waals surface area contributed by atoms with E-state index in [-0.39, 0.29) is 5.91 Å². The third kappa shape index (κ3) is 3.67. The summed E-state index contributed by atoms with van der Waals surface area (Å²) in [6.07, 6.45) is 6.72. The number of fused-ring (bicyclic) bond motifs is 1. The van der Waals surface area contributed by atoms with Crippen molar-refractivity contribution in [2.45, 2.75) is 19.9 Å². The monoisotopic (exact) mass is 398 g/mol. The lowest BCUT2D eigenvalue weighted by Gasteiger charge is -2.30. The second kappa shape index (κ2) is 7.68. The molecule has 30 heavy (non-hydrogen) atoms. The molecule has 1 fully saturated rings. The van der Waals surface area contributed by atoms with Crippen LogP contribution in [0.15, 0.2) is 55.0 Å². The maximum Gasteiger partial charge on any atom is 0.277 e. The van der Waals surface area contributed by atoms with Gasteiger partial charge in [-0.2, -0.15) is 5.10 Å². The first kappa shape index (κ1) is 18.4. The van der Waals surface area contributed by atoms with Crippen molar-refractivity contribution >= 4 is 22.6 Å². The van der Waals surface area contributed by atoms with Gasteiger partial charge in [-0.1, -0.05) is 6.07 Å². The summed E-state index contributed by atoms with van der Waals surface area (Å²) >= 11 is 0. The van der Waals surface area contributed by atoms with Crippen LogP contribution in [0.2, 0.25) is 0 Å². The summed E-state index contributed by atoms with van der Waals surface area (Å²) in [4.78, 5) is 23.8. The number of aromatic amines is 1. The largest absolute Gasteiger partial charge is 0.305 e. The second-order valence-electron chi connectivity index (χ2n) is 7.72. The summed E-state index contributed by atoms with van der Waals surface area (Å²) in [6, 6.07) is 11.8. The van der Waals surface area contributed by atoms with Gasteiger partial charge in [-0.05, 0) is 73.5 Å². The van der Waals surface area contributed by atoms with Crippen molar-refractivity contribution in [1.82, 2.24) is 25.1 Å². The van der Waals surface area contributed by atoms with E-state index in [1.807, 2.05) is 49.6 Å². The number of nitrogens with zero attached hydrogens (tertiary/aromatic N) is 4. The van der Waals surface area contributed by atoms with Crippen molar-refractivity contribution < 1.29 is 4.79 Å². The zero-order valence-corrected chi connectivity index (χ0v) is 16.7. The Labute approximate surface area is 174 Å². The molecule has 4 aromatic rings. The molecule has 150 valence electrons. The molecule has 1 saturated heterocycles. The summed E-state index contributed by atoms with van der Waals surface area (Å²) in [6.45, 7) is 5.18. The number of benzene rings is 1. The first-order valence-electron chi connectivity index (χ1n) is 10.0. The Hall–Kier alpha value is -3.58. The Morgan fingerprint density at radius 3 is 2.83 bits per heavy atom. The predicted octanol–water partition coefficient (Wildman–Crippen LogP) is 3.79. The summed E-state index contributed by atoms with van der Waals surface area (Å²) in [5.41, 5.74) is 5.42. The maximum atomic E-state index is 12.8. The van der Waals surface area contributed by atoms with Gasteiger partial charge in [-0.25, -0.2) is 4.98 Å². The third-order valence-corrected chi connectivity index (χ3v) is 5.42. The minimum Gasteiger partial charge on any atom is -0.305 e. The number of nitrogens with one attached hydrogen (secondary N) is 2. The molecule has 1 aliphatic heterocycles. The molecule has 0 unspecified atom stereocenters. The molecule has 7 nitrogen and oxygen atoms in total. The number of carbonyl (C=O) groups is 1. The number of hydrogen-bond acceptors (Lipinski definition) is 5. The van der Waals surface area contributed by atoms with E-state index in [1.54, 1.807) is 6.20 Å². The van der Waals surface area contributed by atoms with Crippen LogP contribution in [0.1, 0.15) is 28.0 Å². The van der Waals surface area contributed by atoms with Crippen molar-refractivity contribution in [3.63, 3.8) is 0 Å². The minimum absolute atomic E-state index is 0.291. The van der Waals surface area contributed by atoms with Crippen LogP contribution in [0.25, 0.3) is 22.0 Å². The van der Waals surface area contributed by atoms with Gasteiger partial charge in [-0.3, -0.25) is 19.8 Å². The van der Waals surface area contributed by atoms with Gasteiger partial charge in [0.25, 0.3) is 5.91 Å². The fourth-order valence-corrected chi connectivity index (χ4v) is 3.68. The van der Waals surface area contributed by atoms with E-state index in [1.165, 1.54) is 12.0 Å². The molecule has 0 spiro atoms. The number of rotatable bonds is 5. The van der Waals surface area contributed by atoms with Gasteiger partial charge >= 0.3 is 0 Å². The van der Waals surface area contributed by atoms with Crippen LogP contribution >= 0.6 is 0 Å². The highest BCUT2D eigenvalue weighted by Crippen LogP contribution is 2.26. The molecule has 5 rings (SSSR count). The first-order valence-corrected chi connectivity index (χ1v) is 10.0. The third-order valence-electron chi connectivity index (χ3n) is 5.42. The van der Waals surface area contributed by atoms with Crippen LogP contribution in [0.3, 0.4) is 0 Å². The highest BCUT2D eigenvalue weighted by atomic mass is 16.2. The van der Waals surface area contributed by atoms with E-state index in [9.17, 15) is 4.79 Å². The molecule has 0 atom stereocenters. The van der Waals surface area contributed by atoms with Crippen LogP contribution in [-0.2, 0) is 6.54 Å². The fourth-order valence-electron chi connectivity index (χ4n) is 3.68. The Balaban J connectivity index is 1.44. The lowest BCUT2D eigenvalue weighted by atomic mass is 10.0. The number of likely N-dealkylation sites (tertiary alicyclic amines) is 1. The molecule has 1 aliphatic rings. The normalized spacial score (nSPS) is 13.9. The van der Waals surface area contributed by atoms with Gasteiger partial charge in [0.1, 0.15) is 5.82 Å². The van der Waals surface area contributed by atoms with E-state index >= 15 is 0 Å². The lowest BCUT2D eigenvalue weighted by molar-refractivity contribution is 0.102. The SMILES string of the molecule is Cc1ccnc(NC(=O)c2n[nH]c3ccc(-c4cncc(CN5CCC5)c4)cc23)c1. The molecule has 2 N–H and O–H groups in total. The standard InChI is InChI=1S/C23H22N6O/c1-15-5-6-25-21(9-15)26-23(30)22-19-11-17(3-4-20(19)27-28-22)18-10-16(12-24-13-18)14-29-7-2-8-29/h3-6,9-13H,2,7-8,14H2,1H3,(H,27,28)(H,25,26,30). The summed E-state index contributed by atoms with van der Waals surface area (Å²) in [5.74, 6) is 0.219. The highest BCUT2D eigenvalue weighted by molar-refractivity contribution is 6.11. The summed E-state index contributed by atoms with van der Waals surface area (Å²) in [5, 5.41) is 10.8. The Morgan fingerprint density at radius 1 is 1.13 bits per heavy atom. The van der Waals surface area contributed by atoms with Crippen LogP contribution in [0, 0.1) is 6.92 Å². The second-order valence-corrected chi connectivity index (χ2v) is 7.72. The van der Waals surface area contributed by atoms with E-state index in [2.05, 4.69) is 36.4 Å². The van der Waals surface area contributed by atoms with Gasteiger partial charge in [0, 0.05) is 36.1 Å². The summed E-state index contributed by atoms with van der Waals surface area (Å²) < 4.78 is 0. The Morgan fingerprint density at radius 2 is 2.03 bits per heavy atom. The zero-order valence-electron chi connectivity index (χ0n) is 16.7. The Kier molecular flexibility index (Phi) is 4.72. The van der Waals surface area contributed by atoms with Crippen molar-refractivity contribution in [2.24, 2.45) is 0 Å². The molecule has 1 amide bonds.